The SMILES string of the molecule is COC(=O)N[C@H](C(=O)N[C@@H](Cc1ccc(C#Cc2ccc(N3CC4CCC(C3)N4C3COC3)nc2)cc1)[C@@H](O)CN(Cc1c(F)cc(-c2ccn(C)n2)cc1F)NC(=O)[C@@H](NC(=O)OC)C(C)(C)C)C(C)(C)C. The van der Waals surface area contributed by atoms with E-state index in [0.717, 1.165) is 61.9 Å². The van der Waals surface area contributed by atoms with Crippen LogP contribution in [-0.4, -0.2) is 143 Å². The number of piperazine rings is 1. The minimum atomic E-state index is -1.55. The van der Waals surface area contributed by atoms with Crippen molar-refractivity contribution in [3.63, 3.8) is 0 Å². The number of hydrogen-bond acceptors (Lipinski definition) is 13. The van der Waals surface area contributed by atoms with Crippen LogP contribution in [0.25, 0.3) is 11.3 Å². The van der Waals surface area contributed by atoms with E-state index < -0.39 is 89.3 Å². The molecule has 2 aromatic carbocycles. The lowest BCUT2D eigenvalue weighted by Gasteiger charge is -2.47. The Morgan fingerprint density at radius 2 is 1.40 bits per heavy atom. The van der Waals surface area contributed by atoms with Crippen LogP contribution in [0.2, 0.25) is 0 Å². The van der Waals surface area contributed by atoms with Gasteiger partial charge < -0.3 is 40.2 Å². The topological polar surface area (TPSA) is 205 Å². The predicted octanol–water partition coefficient (Wildman–Crippen LogP) is 4.67. The molecule has 6 atom stereocenters. The van der Waals surface area contributed by atoms with Crippen LogP contribution in [0.1, 0.15) is 76.6 Å². The molecular weight excluding hydrogens is 943 g/mol. The third-order valence-electron chi connectivity index (χ3n) is 13.5. The molecule has 392 valence electrons. The second-order valence-corrected chi connectivity index (χ2v) is 21.2. The van der Waals surface area contributed by atoms with Gasteiger partial charge in [0.15, 0.2) is 0 Å². The highest BCUT2D eigenvalue weighted by Gasteiger charge is 2.45. The van der Waals surface area contributed by atoms with Crippen molar-refractivity contribution >= 4 is 29.8 Å². The van der Waals surface area contributed by atoms with E-state index in [4.69, 9.17) is 19.2 Å². The number of aryl methyl sites for hydroxylation is 1. The van der Waals surface area contributed by atoms with Crippen LogP contribution >= 0.6 is 0 Å². The van der Waals surface area contributed by atoms with Crippen molar-refractivity contribution in [1.82, 2.24) is 46.0 Å². The predicted molar refractivity (Wildman–Crippen MR) is 268 cm³/mol. The molecule has 2 unspecified atom stereocenters. The van der Waals surface area contributed by atoms with E-state index in [0.29, 0.717) is 34.9 Å². The molecule has 3 fully saturated rings. The maximum Gasteiger partial charge on any atom is 0.407 e. The summed E-state index contributed by atoms with van der Waals surface area (Å²) < 4.78 is 48.6. The number of anilines is 1. The van der Waals surface area contributed by atoms with E-state index in [2.05, 4.69) is 48.1 Å². The summed E-state index contributed by atoms with van der Waals surface area (Å²) in [6, 6.07) is 13.1. The number of nitrogens with one attached hydrogen (secondary N) is 4. The van der Waals surface area contributed by atoms with Gasteiger partial charge in [0.1, 0.15) is 29.5 Å². The Morgan fingerprint density at radius 1 is 0.822 bits per heavy atom. The maximum absolute atomic E-state index is 16.0. The minimum absolute atomic E-state index is 0.0171. The van der Waals surface area contributed by atoms with Crippen molar-refractivity contribution in [2.24, 2.45) is 17.9 Å². The zero-order chi connectivity index (χ0) is 52.8. The maximum atomic E-state index is 16.0. The van der Waals surface area contributed by atoms with Crippen LogP contribution in [0.5, 0.6) is 0 Å². The second kappa shape index (κ2) is 23.0. The average Bonchev–Trinajstić information content (AvgIpc) is 3.86. The number of fused-ring (bicyclic) bond motifs is 2. The third kappa shape index (κ3) is 13.7. The second-order valence-electron chi connectivity index (χ2n) is 21.2. The lowest BCUT2D eigenvalue weighted by molar-refractivity contribution is -0.132. The molecule has 4 amide bonds. The van der Waals surface area contributed by atoms with Gasteiger partial charge in [0.05, 0.1) is 51.3 Å². The van der Waals surface area contributed by atoms with E-state index in [1.54, 1.807) is 79.2 Å². The van der Waals surface area contributed by atoms with Gasteiger partial charge in [-0.15, -0.1) is 0 Å². The Balaban J connectivity index is 1.12. The molecule has 0 saturated carbocycles. The molecule has 2 bridgehead atoms. The van der Waals surface area contributed by atoms with Crippen molar-refractivity contribution in [3.05, 3.63) is 101 Å². The molecule has 7 rings (SSSR count). The molecule has 0 radical (unpaired) electrons. The zero-order valence-corrected chi connectivity index (χ0v) is 43.0. The minimum Gasteiger partial charge on any atom is -0.453 e. The number of aliphatic hydroxyl groups excluding tert-OH is 1. The molecule has 73 heavy (non-hydrogen) atoms. The Morgan fingerprint density at radius 3 is 1.90 bits per heavy atom. The monoisotopic (exact) mass is 1010 g/mol. The average molecular weight is 1010 g/mol. The number of hydrogen-bond donors (Lipinski definition) is 5. The number of hydrazine groups is 1. The van der Waals surface area contributed by atoms with Crippen molar-refractivity contribution in [2.45, 2.75) is 110 Å². The van der Waals surface area contributed by atoms with Gasteiger partial charge in [0, 0.05) is 80.0 Å². The van der Waals surface area contributed by atoms with E-state index in [9.17, 15) is 24.3 Å². The normalized spacial score (nSPS) is 18.6. The Bertz CT molecular complexity index is 2620. The molecule has 2 aromatic heterocycles. The lowest BCUT2D eigenvalue weighted by Crippen LogP contribution is -2.62. The summed E-state index contributed by atoms with van der Waals surface area (Å²) in [6.45, 7) is 12.7. The van der Waals surface area contributed by atoms with Crippen LogP contribution in [-0.2, 0) is 43.8 Å². The quantitative estimate of drug-likeness (QED) is 0.0766. The molecule has 5 heterocycles. The summed E-state index contributed by atoms with van der Waals surface area (Å²) in [5, 5.41) is 25.6. The Labute approximate surface area is 425 Å². The van der Waals surface area contributed by atoms with Crippen LogP contribution in [0.3, 0.4) is 0 Å². The number of ether oxygens (including phenoxy) is 3. The fourth-order valence-electron chi connectivity index (χ4n) is 9.52. The van der Waals surface area contributed by atoms with E-state index in [1.807, 2.05) is 24.3 Å². The largest absolute Gasteiger partial charge is 0.453 e. The molecule has 3 aliphatic heterocycles. The summed E-state index contributed by atoms with van der Waals surface area (Å²) in [6.07, 6.45) is 2.52. The number of alkyl carbamates (subject to hydrolysis) is 2. The first-order valence-corrected chi connectivity index (χ1v) is 24.5. The molecule has 0 spiro atoms. The number of methoxy groups -OCH3 is 2. The van der Waals surface area contributed by atoms with Crippen molar-refractivity contribution in [3.8, 4) is 23.1 Å². The fraction of sp³-hybridized carbons (Fsp3) is 0.509. The number of amides is 4. The van der Waals surface area contributed by atoms with E-state index in [-0.39, 0.29) is 12.0 Å². The highest BCUT2D eigenvalue weighted by atomic mass is 19.1. The number of aliphatic hydroxyl groups is 1. The van der Waals surface area contributed by atoms with Crippen molar-refractivity contribution < 1.29 is 47.3 Å². The molecule has 0 aliphatic carbocycles. The summed E-state index contributed by atoms with van der Waals surface area (Å²) in [5.41, 5.74) is 3.10. The van der Waals surface area contributed by atoms with Gasteiger partial charge in [-0.1, -0.05) is 65.5 Å². The zero-order valence-electron chi connectivity index (χ0n) is 43.0. The third-order valence-corrected chi connectivity index (χ3v) is 13.5. The van der Waals surface area contributed by atoms with Crippen LogP contribution in [0, 0.1) is 34.3 Å². The molecule has 4 aromatic rings. The highest BCUT2D eigenvalue weighted by Crippen LogP contribution is 2.35. The number of aromatic nitrogens is 3. The summed E-state index contributed by atoms with van der Waals surface area (Å²) >= 11 is 0. The Kier molecular flexibility index (Phi) is 17.1. The standard InChI is InChI=1S/C53H68F2N10O8/c1-52(2,3)46(58-50(69)71-8)48(67)57-43(22-33-13-10-32(11-14-33)12-15-34-16-19-45(56-25-34)63-26-36-17-18-37(27-63)65(36)38-30-73-31-38)44(66)29-64(61-49(68)47(53(4,5)6)59-51(70)72-9)28-39-40(54)23-35(24-41(39)55)42-20-21-62(7)60-42/h10-11,13-14,16,19-21,23-25,36-38,43-44,46-47,66H,17-18,22,26-31H2,1-9H3,(H,57,67)(H,58,69)(H,59,70)(H,61,68)/t36?,37?,43-,44-,46+,47+/m0/s1. The van der Waals surface area contributed by atoms with Gasteiger partial charge in [0.2, 0.25) is 5.91 Å². The number of rotatable bonds is 16. The van der Waals surface area contributed by atoms with Gasteiger partial charge in [-0.05, 0) is 78.1 Å². The molecule has 18 nitrogen and oxygen atoms in total. The van der Waals surface area contributed by atoms with Gasteiger partial charge in [-0.25, -0.2) is 28.4 Å². The van der Waals surface area contributed by atoms with E-state index >= 15 is 8.78 Å². The first-order valence-electron chi connectivity index (χ1n) is 24.5. The number of halogens is 2. The fourth-order valence-corrected chi connectivity index (χ4v) is 9.52. The first kappa shape index (κ1) is 54.1. The number of carbonyl (C=O) groups is 4. The first-order chi connectivity index (χ1) is 34.6. The summed E-state index contributed by atoms with van der Waals surface area (Å²) in [7, 11) is 3.99. The van der Waals surface area contributed by atoms with E-state index in [1.165, 1.54) is 24.6 Å². The number of carbonyl (C=O) groups excluding carboxylic acids is 4. The van der Waals surface area contributed by atoms with Crippen LogP contribution in [0.15, 0.2) is 67.0 Å². The summed E-state index contributed by atoms with van der Waals surface area (Å²) in [4.78, 5) is 62.9. The molecular formula is C53H68F2N10O8. The smallest absolute Gasteiger partial charge is 0.407 e. The Hall–Kier alpha value is -6.66. The van der Waals surface area contributed by atoms with Gasteiger partial charge in [0.25, 0.3) is 5.91 Å². The lowest BCUT2D eigenvalue weighted by atomic mass is 9.85. The molecule has 20 heteroatoms. The van der Waals surface area contributed by atoms with Gasteiger partial charge in [-0.3, -0.25) is 24.6 Å². The number of pyridine rings is 1. The van der Waals surface area contributed by atoms with Crippen molar-refractivity contribution in [1.29, 1.82) is 0 Å². The van der Waals surface area contributed by atoms with Crippen LogP contribution in [0.4, 0.5) is 24.2 Å². The van der Waals surface area contributed by atoms with Gasteiger partial charge >= 0.3 is 12.2 Å². The number of nitrogens with zero attached hydrogens (tertiary/aromatic N) is 6. The number of benzene rings is 2. The van der Waals surface area contributed by atoms with Crippen molar-refractivity contribution in [2.75, 3.05) is 52.0 Å². The van der Waals surface area contributed by atoms with Crippen LogP contribution < -0.4 is 26.3 Å². The molecule has 3 saturated heterocycles. The molecule has 5 N–H and O–H groups in total. The molecule has 3 aliphatic rings. The summed E-state index contributed by atoms with van der Waals surface area (Å²) in [5.74, 6) is 3.98. The highest BCUT2D eigenvalue weighted by molar-refractivity contribution is 5.87. The van der Waals surface area contributed by atoms with Gasteiger partial charge in [-0.2, -0.15) is 5.10 Å².